The number of anilines is 1. The van der Waals surface area contributed by atoms with Crippen LogP contribution >= 0.6 is 0 Å². The molecule has 1 aromatic carbocycles. The largest absolute Gasteiger partial charge is 0.466 e. The van der Waals surface area contributed by atoms with E-state index in [9.17, 15) is 9.59 Å². The number of benzene rings is 1. The van der Waals surface area contributed by atoms with Crippen LogP contribution in [-0.2, 0) is 14.3 Å². The van der Waals surface area contributed by atoms with Crippen molar-refractivity contribution in [2.45, 2.75) is 45.4 Å². The lowest BCUT2D eigenvalue weighted by Gasteiger charge is -2.17. The molecule has 1 aliphatic rings. The Balaban J connectivity index is 1.75. The number of esters is 1. The van der Waals surface area contributed by atoms with Crippen molar-refractivity contribution in [3.8, 4) is 0 Å². The molecule has 0 bridgehead atoms. The molecule has 1 amide bonds. The van der Waals surface area contributed by atoms with Crippen LogP contribution < -0.4 is 10.6 Å². The Hall–Kier alpha value is -2.37. The highest BCUT2D eigenvalue weighted by Gasteiger charge is 2.31. The zero-order valence-electron chi connectivity index (χ0n) is 14.8. The van der Waals surface area contributed by atoms with Gasteiger partial charge in [-0.1, -0.05) is 12.8 Å². The van der Waals surface area contributed by atoms with Crippen LogP contribution in [0.4, 0.5) is 5.69 Å². The summed E-state index contributed by atoms with van der Waals surface area (Å²) in [4.78, 5) is 25.7. The Kier molecular flexibility index (Phi) is 6.98. The van der Waals surface area contributed by atoms with Crippen LogP contribution in [0, 0.1) is 11.3 Å². The van der Waals surface area contributed by atoms with Crippen molar-refractivity contribution in [2.75, 3.05) is 18.1 Å². The number of hydrogen-bond donors (Lipinski definition) is 2. The Morgan fingerprint density at radius 3 is 2.64 bits per heavy atom. The van der Waals surface area contributed by atoms with E-state index in [1.807, 2.05) is 24.0 Å². The van der Waals surface area contributed by atoms with E-state index in [4.69, 9.17) is 15.9 Å². The Morgan fingerprint density at radius 1 is 1.28 bits per heavy atom. The van der Waals surface area contributed by atoms with Crippen molar-refractivity contribution >= 4 is 23.4 Å². The number of ether oxygens (including phenoxy) is 1. The molecule has 3 N–H and O–H groups in total. The Labute approximate surface area is 148 Å². The number of nitrogens with zero attached hydrogens (tertiary/aromatic N) is 1. The van der Waals surface area contributed by atoms with E-state index in [0.29, 0.717) is 18.6 Å². The maximum atomic E-state index is 12.6. The number of carbonyl (C=O) groups excluding carboxylic acids is 2. The Morgan fingerprint density at radius 2 is 2.00 bits per heavy atom. The molecule has 6 nitrogen and oxygen atoms in total. The number of unbranched alkanes of at least 4 members (excludes halogenated alkanes) is 2. The number of rotatable bonds is 9. The maximum absolute atomic E-state index is 12.6. The highest BCUT2D eigenvalue weighted by Crippen LogP contribution is 2.28. The van der Waals surface area contributed by atoms with Gasteiger partial charge >= 0.3 is 5.97 Å². The lowest BCUT2D eigenvalue weighted by Crippen LogP contribution is -2.27. The second-order valence-corrected chi connectivity index (χ2v) is 6.34. The van der Waals surface area contributed by atoms with Crippen LogP contribution in [0.1, 0.15) is 51.0 Å². The van der Waals surface area contributed by atoms with Crippen molar-refractivity contribution in [2.24, 2.45) is 11.7 Å². The molecule has 1 aliphatic heterocycles. The number of amides is 1. The molecule has 0 saturated carbocycles. The van der Waals surface area contributed by atoms with Crippen molar-refractivity contribution < 1.29 is 14.3 Å². The first-order valence-electron chi connectivity index (χ1n) is 8.94. The molecule has 136 valence electrons. The van der Waals surface area contributed by atoms with Crippen LogP contribution in [0.5, 0.6) is 0 Å². The predicted molar refractivity (Wildman–Crippen MR) is 97.6 cm³/mol. The smallest absolute Gasteiger partial charge is 0.305 e. The van der Waals surface area contributed by atoms with Crippen LogP contribution in [-0.4, -0.2) is 30.9 Å². The fourth-order valence-corrected chi connectivity index (χ4v) is 3.15. The van der Waals surface area contributed by atoms with Gasteiger partial charge in [0.25, 0.3) is 0 Å². The summed E-state index contributed by atoms with van der Waals surface area (Å²) in [6.07, 6.45) is 4.90. The topological polar surface area (TPSA) is 96.5 Å². The lowest BCUT2D eigenvalue weighted by atomic mass is 9.99. The molecule has 1 saturated heterocycles. The highest BCUT2D eigenvalue weighted by atomic mass is 16.5. The van der Waals surface area contributed by atoms with Crippen LogP contribution in [0.25, 0.3) is 0 Å². The lowest BCUT2D eigenvalue weighted by molar-refractivity contribution is -0.143. The quantitative estimate of drug-likeness (QED) is 0.311. The molecule has 6 heteroatoms. The van der Waals surface area contributed by atoms with E-state index < -0.39 is 0 Å². The van der Waals surface area contributed by atoms with Gasteiger partial charge in [0.2, 0.25) is 5.91 Å². The molecule has 1 heterocycles. The molecule has 0 aliphatic carbocycles. The third kappa shape index (κ3) is 5.31. The number of nitrogens with one attached hydrogen (secondary N) is 1. The molecular formula is C19H27N3O3. The molecule has 25 heavy (non-hydrogen) atoms. The van der Waals surface area contributed by atoms with Gasteiger partial charge in [0.1, 0.15) is 5.84 Å². The minimum atomic E-state index is -0.139. The summed E-state index contributed by atoms with van der Waals surface area (Å²) >= 11 is 0. The van der Waals surface area contributed by atoms with E-state index in [2.05, 4.69) is 0 Å². The van der Waals surface area contributed by atoms with Gasteiger partial charge < -0.3 is 15.4 Å². The molecule has 1 aromatic rings. The number of amidine groups is 1. The van der Waals surface area contributed by atoms with Crippen LogP contribution in [0.15, 0.2) is 24.3 Å². The van der Waals surface area contributed by atoms with Gasteiger partial charge in [-0.3, -0.25) is 15.0 Å². The molecule has 1 unspecified atom stereocenters. The van der Waals surface area contributed by atoms with E-state index in [1.165, 1.54) is 0 Å². The fourth-order valence-electron chi connectivity index (χ4n) is 3.15. The first-order chi connectivity index (χ1) is 12.0. The summed E-state index contributed by atoms with van der Waals surface area (Å²) in [5, 5.41) is 7.42. The summed E-state index contributed by atoms with van der Waals surface area (Å²) in [7, 11) is 0. The van der Waals surface area contributed by atoms with Gasteiger partial charge in [0.15, 0.2) is 0 Å². The van der Waals surface area contributed by atoms with Gasteiger partial charge in [0.05, 0.1) is 6.61 Å². The van der Waals surface area contributed by atoms with Crippen molar-refractivity contribution in [1.29, 1.82) is 5.41 Å². The fraction of sp³-hybridized carbons (Fsp3) is 0.526. The number of carbonyl (C=O) groups is 2. The molecular weight excluding hydrogens is 318 g/mol. The van der Waals surface area contributed by atoms with E-state index in [-0.39, 0.29) is 23.6 Å². The molecule has 1 fully saturated rings. The average molecular weight is 345 g/mol. The minimum Gasteiger partial charge on any atom is -0.466 e. The van der Waals surface area contributed by atoms with E-state index in [1.54, 1.807) is 12.1 Å². The standard InChI is InChI=1S/C19H27N3O3/c1-2-25-17(23)7-5-3-4-6-15-12-13-22(19(15)24)16-10-8-14(9-11-16)18(20)21/h8-11,15H,2-7,12-13H2,1H3,(H3,20,21). The van der Waals surface area contributed by atoms with Gasteiger partial charge in [0, 0.05) is 30.1 Å². The monoisotopic (exact) mass is 345 g/mol. The third-order valence-corrected chi connectivity index (χ3v) is 4.55. The molecule has 0 spiro atoms. The summed E-state index contributed by atoms with van der Waals surface area (Å²) in [5.74, 6) is 0.121. The molecule has 1 atom stereocenters. The molecule has 0 radical (unpaired) electrons. The zero-order valence-corrected chi connectivity index (χ0v) is 14.8. The summed E-state index contributed by atoms with van der Waals surface area (Å²) in [6.45, 7) is 2.97. The first kappa shape index (κ1) is 19.0. The third-order valence-electron chi connectivity index (χ3n) is 4.55. The summed E-state index contributed by atoms with van der Waals surface area (Å²) < 4.78 is 4.90. The van der Waals surface area contributed by atoms with Gasteiger partial charge in [-0.05, 0) is 50.5 Å². The van der Waals surface area contributed by atoms with Crippen LogP contribution in [0.3, 0.4) is 0 Å². The van der Waals surface area contributed by atoms with Gasteiger partial charge in [-0.25, -0.2) is 0 Å². The summed E-state index contributed by atoms with van der Waals surface area (Å²) in [5.41, 5.74) is 6.98. The van der Waals surface area contributed by atoms with Gasteiger partial charge in [-0.2, -0.15) is 0 Å². The zero-order chi connectivity index (χ0) is 18.2. The Bertz CT molecular complexity index is 613. The average Bonchev–Trinajstić information content (AvgIpc) is 2.96. The first-order valence-corrected chi connectivity index (χ1v) is 8.94. The normalized spacial score (nSPS) is 16.9. The summed E-state index contributed by atoms with van der Waals surface area (Å²) in [6, 6.07) is 7.23. The van der Waals surface area contributed by atoms with Gasteiger partial charge in [-0.15, -0.1) is 0 Å². The van der Waals surface area contributed by atoms with Crippen molar-refractivity contribution in [3.63, 3.8) is 0 Å². The number of hydrogen-bond acceptors (Lipinski definition) is 4. The van der Waals surface area contributed by atoms with Crippen molar-refractivity contribution in [3.05, 3.63) is 29.8 Å². The number of nitrogen functional groups attached to an aromatic ring is 1. The second kappa shape index (κ2) is 9.20. The maximum Gasteiger partial charge on any atom is 0.305 e. The van der Waals surface area contributed by atoms with Crippen molar-refractivity contribution in [1.82, 2.24) is 0 Å². The predicted octanol–water partition coefficient (Wildman–Crippen LogP) is 2.84. The second-order valence-electron chi connectivity index (χ2n) is 6.34. The number of nitrogens with two attached hydrogens (primary N) is 1. The van der Waals surface area contributed by atoms with E-state index in [0.717, 1.165) is 44.3 Å². The molecule has 2 rings (SSSR count). The molecule has 0 aromatic heterocycles. The van der Waals surface area contributed by atoms with Crippen LogP contribution in [0.2, 0.25) is 0 Å². The SMILES string of the molecule is CCOC(=O)CCCCCC1CCN(c2ccc(C(=N)N)cc2)C1=O. The highest BCUT2D eigenvalue weighted by molar-refractivity contribution is 5.98. The van der Waals surface area contributed by atoms with E-state index >= 15 is 0 Å². The minimum absolute atomic E-state index is 0.0278.